The monoisotopic (exact) mass is 327 g/mol. The van der Waals surface area contributed by atoms with Gasteiger partial charge in [-0.3, -0.25) is 0 Å². The molecule has 0 amide bonds. The first-order chi connectivity index (χ1) is 9.65. The minimum atomic E-state index is 0.215. The van der Waals surface area contributed by atoms with E-state index in [9.17, 15) is 0 Å². The quantitative estimate of drug-likeness (QED) is 0.833. The summed E-state index contributed by atoms with van der Waals surface area (Å²) in [6, 6.07) is 8.40. The summed E-state index contributed by atoms with van der Waals surface area (Å²) in [5, 5.41) is 6.98. The van der Waals surface area contributed by atoms with Gasteiger partial charge in [0, 0.05) is 34.0 Å². The molecule has 1 aromatic heterocycles. The third kappa shape index (κ3) is 2.82. The molecule has 2 aromatic rings. The maximum atomic E-state index is 6.21. The Balaban J connectivity index is 1.86. The predicted octanol–water partition coefficient (Wildman–Crippen LogP) is 5.23. The van der Waals surface area contributed by atoms with Gasteiger partial charge in [0.25, 0.3) is 0 Å². The molecule has 2 nitrogen and oxygen atoms in total. The van der Waals surface area contributed by atoms with Crippen LogP contribution in [0.15, 0.2) is 29.6 Å². The van der Waals surface area contributed by atoms with Crippen LogP contribution in [0.4, 0.5) is 0 Å². The van der Waals surface area contributed by atoms with Crippen molar-refractivity contribution in [2.75, 3.05) is 6.61 Å². The number of hydrogen-bond acceptors (Lipinski definition) is 3. The molecule has 1 unspecified atom stereocenters. The van der Waals surface area contributed by atoms with E-state index in [0.717, 1.165) is 17.7 Å². The maximum absolute atomic E-state index is 6.21. The molecular formula is C15H15Cl2NOS. The lowest BCUT2D eigenvalue weighted by Gasteiger charge is -2.30. The van der Waals surface area contributed by atoms with Gasteiger partial charge in [-0.1, -0.05) is 29.3 Å². The van der Waals surface area contributed by atoms with Crippen LogP contribution in [0.1, 0.15) is 35.9 Å². The van der Waals surface area contributed by atoms with Gasteiger partial charge >= 0.3 is 0 Å². The van der Waals surface area contributed by atoms with E-state index in [2.05, 4.69) is 29.8 Å². The van der Waals surface area contributed by atoms with Gasteiger partial charge in [0.1, 0.15) is 5.75 Å². The molecule has 1 N–H and O–H groups in total. The number of hydrogen-bond donors (Lipinski definition) is 1. The molecule has 2 atom stereocenters. The Morgan fingerprint density at radius 1 is 1.40 bits per heavy atom. The topological polar surface area (TPSA) is 21.3 Å². The minimum absolute atomic E-state index is 0.215. The van der Waals surface area contributed by atoms with Crippen LogP contribution in [0.25, 0.3) is 0 Å². The SMILES string of the molecule is C[C@@H](NC1CCOc2c(Cl)cc(Cl)cc21)c1cccs1. The average molecular weight is 328 g/mol. The van der Waals surface area contributed by atoms with Gasteiger partial charge in [0.15, 0.2) is 0 Å². The molecule has 0 aliphatic carbocycles. The van der Waals surface area contributed by atoms with E-state index in [4.69, 9.17) is 27.9 Å². The Morgan fingerprint density at radius 3 is 3.00 bits per heavy atom. The van der Waals surface area contributed by atoms with Gasteiger partial charge in [-0.2, -0.15) is 0 Å². The highest BCUT2D eigenvalue weighted by molar-refractivity contribution is 7.10. The molecule has 1 aliphatic rings. The molecule has 20 heavy (non-hydrogen) atoms. The van der Waals surface area contributed by atoms with Crippen molar-refractivity contribution in [1.82, 2.24) is 5.32 Å². The molecule has 3 rings (SSSR count). The van der Waals surface area contributed by atoms with E-state index in [1.807, 2.05) is 6.07 Å². The Bertz CT molecular complexity index is 600. The van der Waals surface area contributed by atoms with Crippen molar-refractivity contribution >= 4 is 34.5 Å². The van der Waals surface area contributed by atoms with Gasteiger partial charge in [-0.15, -0.1) is 11.3 Å². The predicted molar refractivity (Wildman–Crippen MR) is 85.2 cm³/mol. The number of nitrogens with one attached hydrogen (secondary N) is 1. The lowest BCUT2D eigenvalue weighted by molar-refractivity contribution is 0.246. The van der Waals surface area contributed by atoms with Gasteiger partial charge in [-0.25, -0.2) is 0 Å². The second-order valence-electron chi connectivity index (χ2n) is 4.90. The van der Waals surface area contributed by atoms with Gasteiger partial charge in [0.2, 0.25) is 0 Å². The molecule has 0 saturated carbocycles. The normalized spacial score (nSPS) is 19.2. The highest BCUT2D eigenvalue weighted by Crippen LogP contribution is 2.40. The molecule has 0 spiro atoms. The van der Waals surface area contributed by atoms with Crippen LogP contribution in [0.5, 0.6) is 5.75 Å². The van der Waals surface area contributed by atoms with Crippen molar-refractivity contribution in [3.8, 4) is 5.75 Å². The Labute approximate surface area is 132 Å². The first kappa shape index (κ1) is 14.2. The first-order valence-electron chi connectivity index (χ1n) is 6.56. The largest absolute Gasteiger partial charge is 0.492 e. The molecule has 0 fully saturated rings. The summed E-state index contributed by atoms with van der Waals surface area (Å²) >= 11 is 14.1. The number of ether oxygens (including phenoxy) is 1. The van der Waals surface area contributed by atoms with E-state index in [-0.39, 0.29) is 6.04 Å². The lowest BCUT2D eigenvalue weighted by atomic mass is 9.99. The van der Waals surface area contributed by atoms with Gasteiger partial charge < -0.3 is 10.1 Å². The molecule has 106 valence electrons. The summed E-state index contributed by atoms with van der Waals surface area (Å²) < 4.78 is 5.68. The molecule has 2 heterocycles. The van der Waals surface area contributed by atoms with E-state index in [1.165, 1.54) is 4.88 Å². The highest BCUT2D eigenvalue weighted by Gasteiger charge is 2.25. The van der Waals surface area contributed by atoms with Crippen LogP contribution in [0.3, 0.4) is 0 Å². The molecule has 1 aromatic carbocycles. The third-order valence-corrected chi connectivity index (χ3v) is 5.04. The Kier molecular flexibility index (Phi) is 4.22. The van der Waals surface area contributed by atoms with Crippen LogP contribution in [0.2, 0.25) is 10.0 Å². The summed E-state index contributed by atoms with van der Waals surface area (Å²) in [7, 11) is 0. The second-order valence-corrected chi connectivity index (χ2v) is 6.72. The van der Waals surface area contributed by atoms with Crippen molar-refractivity contribution in [2.24, 2.45) is 0 Å². The Hall–Kier alpha value is -0.740. The molecule has 5 heteroatoms. The van der Waals surface area contributed by atoms with Crippen LogP contribution in [0, 0.1) is 0 Å². The molecular weight excluding hydrogens is 313 g/mol. The fourth-order valence-electron chi connectivity index (χ4n) is 2.52. The standard InChI is InChI=1S/C15H15Cl2NOS/c1-9(14-3-2-6-20-14)18-13-4-5-19-15-11(13)7-10(16)8-12(15)17/h2-3,6-9,13,18H,4-5H2,1H3/t9-,13?/m1/s1. The lowest BCUT2D eigenvalue weighted by Crippen LogP contribution is -2.29. The van der Waals surface area contributed by atoms with Crippen LogP contribution < -0.4 is 10.1 Å². The van der Waals surface area contributed by atoms with E-state index in [1.54, 1.807) is 17.4 Å². The summed E-state index contributed by atoms with van der Waals surface area (Å²) in [6.45, 7) is 2.84. The second kappa shape index (κ2) is 5.94. The summed E-state index contributed by atoms with van der Waals surface area (Å²) in [6.07, 6.45) is 0.916. The zero-order valence-electron chi connectivity index (χ0n) is 11.0. The average Bonchev–Trinajstić information content (AvgIpc) is 2.93. The summed E-state index contributed by atoms with van der Waals surface area (Å²) in [4.78, 5) is 1.33. The molecule has 0 radical (unpaired) electrons. The van der Waals surface area contributed by atoms with Crippen LogP contribution in [-0.4, -0.2) is 6.61 Å². The van der Waals surface area contributed by atoms with Crippen molar-refractivity contribution < 1.29 is 4.74 Å². The fourth-order valence-corrected chi connectivity index (χ4v) is 3.83. The van der Waals surface area contributed by atoms with Gasteiger partial charge in [-0.05, 0) is 30.5 Å². The Morgan fingerprint density at radius 2 is 2.25 bits per heavy atom. The maximum Gasteiger partial charge on any atom is 0.142 e. The molecule has 0 saturated heterocycles. The summed E-state index contributed by atoms with van der Waals surface area (Å²) in [5.74, 6) is 0.762. The first-order valence-corrected chi connectivity index (χ1v) is 8.20. The van der Waals surface area contributed by atoms with Crippen molar-refractivity contribution in [3.05, 3.63) is 50.1 Å². The van der Waals surface area contributed by atoms with E-state index in [0.29, 0.717) is 22.7 Å². The zero-order valence-corrected chi connectivity index (χ0v) is 13.4. The number of benzene rings is 1. The fraction of sp³-hybridized carbons (Fsp3) is 0.333. The van der Waals surface area contributed by atoms with Crippen LogP contribution >= 0.6 is 34.5 Å². The summed E-state index contributed by atoms with van der Waals surface area (Å²) in [5.41, 5.74) is 1.05. The zero-order chi connectivity index (χ0) is 14.1. The van der Waals surface area contributed by atoms with Crippen molar-refractivity contribution in [2.45, 2.75) is 25.4 Å². The van der Waals surface area contributed by atoms with Crippen molar-refractivity contribution in [3.63, 3.8) is 0 Å². The van der Waals surface area contributed by atoms with Crippen molar-refractivity contribution in [1.29, 1.82) is 0 Å². The third-order valence-electron chi connectivity index (χ3n) is 3.49. The number of thiophene rings is 1. The van der Waals surface area contributed by atoms with Crippen LogP contribution in [-0.2, 0) is 0 Å². The molecule has 0 bridgehead atoms. The minimum Gasteiger partial charge on any atom is -0.492 e. The van der Waals surface area contributed by atoms with E-state index >= 15 is 0 Å². The number of fused-ring (bicyclic) bond motifs is 1. The highest BCUT2D eigenvalue weighted by atomic mass is 35.5. The van der Waals surface area contributed by atoms with E-state index < -0.39 is 0 Å². The number of rotatable bonds is 3. The van der Waals surface area contributed by atoms with Gasteiger partial charge in [0.05, 0.1) is 11.6 Å². The smallest absolute Gasteiger partial charge is 0.142 e. The molecule has 1 aliphatic heterocycles. The number of halogens is 2.